The molecule has 2 saturated carbocycles. The Morgan fingerprint density at radius 1 is 1.10 bits per heavy atom. The lowest BCUT2D eigenvalue weighted by molar-refractivity contribution is -0.0949. The summed E-state index contributed by atoms with van der Waals surface area (Å²) in [7, 11) is 0. The molecule has 0 amide bonds. The molecule has 6 atom stereocenters. The van der Waals surface area contributed by atoms with Crippen LogP contribution in [0.5, 0.6) is 5.75 Å². The van der Waals surface area contributed by atoms with Crippen molar-refractivity contribution >= 4 is 15.9 Å². The molecule has 2 aromatic rings. The Morgan fingerprint density at radius 3 is 2.76 bits per heavy atom. The first kappa shape index (κ1) is 19.6. The molecule has 1 N–H and O–H groups in total. The molecule has 0 unspecified atom stereocenters. The van der Waals surface area contributed by atoms with Gasteiger partial charge in [0.1, 0.15) is 12.4 Å². The van der Waals surface area contributed by atoms with Crippen molar-refractivity contribution in [2.45, 2.75) is 68.9 Å². The summed E-state index contributed by atoms with van der Waals surface area (Å²) < 4.78 is 6.08. The minimum Gasteiger partial charge on any atom is -0.489 e. The van der Waals surface area contributed by atoms with E-state index < -0.39 is 0 Å². The molecular weight excluding hydrogens is 424 g/mol. The van der Waals surface area contributed by atoms with Crippen LogP contribution in [0.25, 0.3) is 0 Å². The molecular formula is C26H31BrO2. The number of aliphatic hydroxyl groups excluding tert-OH is 1. The molecule has 2 nitrogen and oxygen atoms in total. The zero-order valence-corrected chi connectivity index (χ0v) is 18.8. The fourth-order valence-corrected chi connectivity index (χ4v) is 7.23. The summed E-state index contributed by atoms with van der Waals surface area (Å²) in [4.78, 5) is 0.462. The first-order valence-corrected chi connectivity index (χ1v) is 12.1. The fraction of sp³-hybridized carbons (Fsp3) is 0.538. The van der Waals surface area contributed by atoms with Gasteiger partial charge in [0, 0.05) is 4.83 Å². The molecule has 3 heteroatoms. The van der Waals surface area contributed by atoms with E-state index in [1.165, 1.54) is 30.4 Å². The summed E-state index contributed by atoms with van der Waals surface area (Å²) >= 11 is 3.83. The molecule has 5 rings (SSSR count). The maximum atomic E-state index is 10.9. The SMILES string of the molecule is C[C@]12CC[C@@H]3c4ccc(OCc5ccccc5)cc4CC[C@H]3[C@@H]1C[C@H](Br)C[C@H]2O. The number of rotatable bonds is 3. The highest BCUT2D eigenvalue weighted by Gasteiger charge is 2.54. The second-order valence-electron chi connectivity index (χ2n) is 9.68. The molecule has 0 aromatic heterocycles. The van der Waals surface area contributed by atoms with E-state index >= 15 is 0 Å². The van der Waals surface area contributed by atoms with Crippen molar-refractivity contribution in [3.63, 3.8) is 0 Å². The molecule has 0 bridgehead atoms. The Balaban J connectivity index is 1.35. The van der Waals surface area contributed by atoms with Crippen molar-refractivity contribution in [2.75, 3.05) is 0 Å². The Hall–Kier alpha value is -1.32. The average Bonchev–Trinajstić information content (AvgIpc) is 2.73. The molecule has 3 aliphatic rings. The maximum absolute atomic E-state index is 10.9. The molecule has 3 aliphatic carbocycles. The van der Waals surface area contributed by atoms with E-state index in [0.29, 0.717) is 29.2 Å². The number of hydrogen-bond acceptors (Lipinski definition) is 2. The number of aliphatic hydroxyl groups is 1. The van der Waals surface area contributed by atoms with Crippen molar-refractivity contribution in [1.82, 2.24) is 0 Å². The van der Waals surface area contributed by atoms with Crippen LogP contribution in [0.3, 0.4) is 0 Å². The number of benzene rings is 2. The Labute approximate surface area is 182 Å². The topological polar surface area (TPSA) is 29.5 Å². The van der Waals surface area contributed by atoms with E-state index in [1.807, 2.05) is 6.07 Å². The third-order valence-corrected chi connectivity index (χ3v) is 8.88. The molecule has 0 heterocycles. The minimum atomic E-state index is -0.165. The second kappa shape index (κ2) is 7.74. The lowest BCUT2D eigenvalue weighted by Crippen LogP contribution is -2.53. The molecule has 0 spiro atoms. The van der Waals surface area contributed by atoms with Gasteiger partial charge in [-0.3, -0.25) is 0 Å². The predicted molar refractivity (Wildman–Crippen MR) is 121 cm³/mol. The number of halogens is 1. The van der Waals surface area contributed by atoms with Gasteiger partial charge >= 0.3 is 0 Å². The molecule has 0 aliphatic heterocycles. The van der Waals surface area contributed by atoms with E-state index in [9.17, 15) is 5.11 Å². The molecule has 0 radical (unpaired) electrons. The van der Waals surface area contributed by atoms with Gasteiger partial charge in [-0.15, -0.1) is 0 Å². The summed E-state index contributed by atoms with van der Waals surface area (Å²) in [5.41, 5.74) is 4.33. The van der Waals surface area contributed by atoms with Crippen LogP contribution in [0.2, 0.25) is 0 Å². The highest BCUT2D eigenvalue weighted by atomic mass is 79.9. The summed E-state index contributed by atoms with van der Waals surface area (Å²) in [6.07, 6.45) is 6.68. The Bertz CT molecular complexity index is 866. The molecule has 2 aromatic carbocycles. The summed E-state index contributed by atoms with van der Waals surface area (Å²) in [6, 6.07) is 17.2. The number of hydrogen-bond donors (Lipinski definition) is 1. The highest BCUT2D eigenvalue weighted by Crippen LogP contribution is 2.60. The van der Waals surface area contributed by atoms with Gasteiger partial charge in [0.25, 0.3) is 0 Å². The largest absolute Gasteiger partial charge is 0.489 e. The second-order valence-corrected chi connectivity index (χ2v) is 11.0. The van der Waals surface area contributed by atoms with Crippen LogP contribution in [-0.2, 0) is 13.0 Å². The molecule has 0 saturated heterocycles. The van der Waals surface area contributed by atoms with Crippen molar-refractivity contribution in [2.24, 2.45) is 17.3 Å². The Kier molecular flexibility index (Phi) is 5.24. The number of aryl methyl sites for hydroxylation is 1. The van der Waals surface area contributed by atoms with Gasteiger partial charge in [0.2, 0.25) is 0 Å². The van der Waals surface area contributed by atoms with Gasteiger partial charge in [0.05, 0.1) is 6.10 Å². The molecule has 154 valence electrons. The van der Waals surface area contributed by atoms with Crippen molar-refractivity contribution in [3.8, 4) is 5.75 Å². The molecule has 2 fully saturated rings. The van der Waals surface area contributed by atoms with E-state index in [-0.39, 0.29) is 11.5 Å². The van der Waals surface area contributed by atoms with Crippen LogP contribution >= 0.6 is 15.9 Å². The van der Waals surface area contributed by atoms with Crippen LogP contribution in [0, 0.1) is 17.3 Å². The monoisotopic (exact) mass is 454 g/mol. The average molecular weight is 455 g/mol. The van der Waals surface area contributed by atoms with Gasteiger partial charge in [-0.05, 0) is 90.5 Å². The number of ether oxygens (including phenoxy) is 1. The lowest BCUT2D eigenvalue weighted by atomic mass is 9.50. The lowest BCUT2D eigenvalue weighted by Gasteiger charge is -2.57. The van der Waals surface area contributed by atoms with Crippen LogP contribution in [0.1, 0.15) is 61.6 Å². The number of alkyl halides is 1. The highest BCUT2D eigenvalue weighted by molar-refractivity contribution is 9.09. The molecule has 29 heavy (non-hydrogen) atoms. The van der Waals surface area contributed by atoms with Gasteiger partial charge in [-0.2, -0.15) is 0 Å². The normalized spacial score (nSPS) is 35.9. The van der Waals surface area contributed by atoms with Crippen molar-refractivity contribution in [3.05, 3.63) is 65.2 Å². The Morgan fingerprint density at radius 2 is 1.93 bits per heavy atom. The van der Waals surface area contributed by atoms with E-state index in [0.717, 1.165) is 25.0 Å². The summed E-state index contributed by atoms with van der Waals surface area (Å²) in [6.45, 7) is 2.98. The van der Waals surface area contributed by atoms with Crippen LogP contribution in [-0.4, -0.2) is 16.0 Å². The predicted octanol–water partition coefficient (Wildman–Crippen LogP) is 6.25. The van der Waals surface area contributed by atoms with E-state index in [2.05, 4.69) is 65.3 Å². The fourth-order valence-electron chi connectivity index (χ4n) is 6.48. The van der Waals surface area contributed by atoms with Gasteiger partial charge in [-0.25, -0.2) is 0 Å². The quantitative estimate of drug-likeness (QED) is 0.555. The summed E-state index contributed by atoms with van der Waals surface area (Å²) in [5, 5.41) is 10.9. The van der Waals surface area contributed by atoms with Crippen molar-refractivity contribution in [1.29, 1.82) is 0 Å². The number of fused-ring (bicyclic) bond motifs is 5. The third-order valence-electron chi connectivity index (χ3n) is 8.13. The smallest absolute Gasteiger partial charge is 0.120 e. The first-order valence-electron chi connectivity index (χ1n) is 11.2. The zero-order valence-electron chi connectivity index (χ0n) is 17.2. The van der Waals surface area contributed by atoms with Gasteiger partial charge in [-0.1, -0.05) is 59.3 Å². The van der Waals surface area contributed by atoms with E-state index in [4.69, 9.17) is 4.74 Å². The van der Waals surface area contributed by atoms with Gasteiger partial charge in [0.15, 0.2) is 0 Å². The first-order chi connectivity index (χ1) is 14.0. The summed E-state index contributed by atoms with van der Waals surface area (Å²) in [5.74, 6) is 2.95. The minimum absolute atomic E-state index is 0.0989. The van der Waals surface area contributed by atoms with Crippen LogP contribution in [0.4, 0.5) is 0 Å². The van der Waals surface area contributed by atoms with E-state index in [1.54, 1.807) is 5.56 Å². The van der Waals surface area contributed by atoms with Gasteiger partial charge < -0.3 is 9.84 Å². The van der Waals surface area contributed by atoms with Crippen molar-refractivity contribution < 1.29 is 9.84 Å². The maximum Gasteiger partial charge on any atom is 0.120 e. The van der Waals surface area contributed by atoms with Crippen LogP contribution in [0.15, 0.2) is 48.5 Å². The standard InChI is InChI=1S/C26H31BrO2/c1-26-12-11-22-21-10-8-20(29-16-17-5-3-2-4-6-17)13-18(21)7-9-23(22)24(26)14-19(27)15-25(26)28/h2-6,8,10,13,19,22-25,28H,7,9,11-12,14-16H2,1H3/t19-,22+,23+,24-,25+,26-/m0/s1. The zero-order chi connectivity index (χ0) is 20.0. The third kappa shape index (κ3) is 3.55. The van der Waals surface area contributed by atoms with Crippen LogP contribution < -0.4 is 4.74 Å².